The standard InChI is InChI=1S/C13H7N7O10/c21-16(22)7-1-2-10(13(3-7)20(29)30)15-14-6-9-11(18(25)26)4-8(17(23)24)5-12(9)19(27)28/h1-6,15H/b14-6-. The normalized spacial score (nSPS) is 10.5. The molecule has 0 aliphatic carbocycles. The van der Waals surface area contributed by atoms with E-state index in [0.717, 1.165) is 12.1 Å². The van der Waals surface area contributed by atoms with Crippen LogP contribution in [0, 0.1) is 50.6 Å². The molecule has 0 radical (unpaired) electrons. The van der Waals surface area contributed by atoms with Gasteiger partial charge in [0.05, 0.1) is 49.0 Å². The monoisotopic (exact) mass is 421 g/mol. The van der Waals surface area contributed by atoms with Crippen LogP contribution in [0.1, 0.15) is 5.56 Å². The van der Waals surface area contributed by atoms with Gasteiger partial charge >= 0.3 is 5.69 Å². The Bertz CT molecular complexity index is 1090. The van der Waals surface area contributed by atoms with Crippen molar-refractivity contribution in [2.75, 3.05) is 5.43 Å². The molecule has 30 heavy (non-hydrogen) atoms. The highest BCUT2D eigenvalue weighted by atomic mass is 16.6. The van der Waals surface area contributed by atoms with Crippen molar-refractivity contribution in [3.8, 4) is 0 Å². The van der Waals surface area contributed by atoms with Gasteiger partial charge in [-0.15, -0.1) is 0 Å². The molecule has 0 aliphatic heterocycles. The van der Waals surface area contributed by atoms with Gasteiger partial charge in [-0.2, -0.15) is 5.10 Å². The molecule has 0 aromatic heterocycles. The van der Waals surface area contributed by atoms with Gasteiger partial charge in [0.2, 0.25) is 0 Å². The second-order valence-electron chi connectivity index (χ2n) is 5.25. The Morgan fingerprint density at radius 1 is 0.667 bits per heavy atom. The summed E-state index contributed by atoms with van der Waals surface area (Å²) in [6.07, 6.45) is 0.575. The third kappa shape index (κ3) is 4.42. The van der Waals surface area contributed by atoms with Crippen LogP contribution in [0.5, 0.6) is 0 Å². The van der Waals surface area contributed by atoms with E-state index in [1.807, 2.05) is 0 Å². The van der Waals surface area contributed by atoms with E-state index in [9.17, 15) is 50.6 Å². The molecule has 0 amide bonds. The zero-order valence-electron chi connectivity index (χ0n) is 14.2. The summed E-state index contributed by atoms with van der Waals surface area (Å²) in [7, 11) is 0. The fourth-order valence-corrected chi connectivity index (χ4v) is 2.19. The molecule has 17 nitrogen and oxygen atoms in total. The maximum atomic E-state index is 11.2. The van der Waals surface area contributed by atoms with Gasteiger partial charge in [-0.05, 0) is 6.07 Å². The molecule has 2 rings (SSSR count). The fraction of sp³-hybridized carbons (Fsp3) is 0. The first-order valence-electron chi connectivity index (χ1n) is 7.36. The molecular weight excluding hydrogens is 414 g/mol. The lowest BCUT2D eigenvalue weighted by molar-refractivity contribution is -0.403. The summed E-state index contributed by atoms with van der Waals surface area (Å²) in [6, 6.07) is 3.47. The van der Waals surface area contributed by atoms with E-state index >= 15 is 0 Å². The van der Waals surface area contributed by atoms with Crippen molar-refractivity contribution >= 4 is 40.3 Å². The summed E-state index contributed by atoms with van der Waals surface area (Å²) in [5.41, 5.74) is -3.20. The first kappa shape index (κ1) is 21.2. The number of non-ortho nitro benzene ring substituents is 2. The number of rotatable bonds is 8. The number of anilines is 1. The lowest BCUT2D eigenvalue weighted by atomic mass is 10.1. The van der Waals surface area contributed by atoms with E-state index in [0.29, 0.717) is 24.4 Å². The third-order valence-electron chi connectivity index (χ3n) is 3.49. The third-order valence-corrected chi connectivity index (χ3v) is 3.49. The van der Waals surface area contributed by atoms with Crippen molar-refractivity contribution in [2.45, 2.75) is 0 Å². The van der Waals surface area contributed by atoms with Crippen LogP contribution < -0.4 is 5.43 Å². The molecule has 0 heterocycles. The SMILES string of the molecule is O=[N+]([O-])c1ccc(N/N=C\c2c([N+](=O)[O-])cc([N+](=O)[O-])cc2[N+](=O)[O-])c([N+](=O)[O-])c1. The molecule has 2 aromatic rings. The Balaban J connectivity index is 2.51. The van der Waals surface area contributed by atoms with E-state index in [2.05, 4.69) is 10.5 Å². The van der Waals surface area contributed by atoms with Crippen LogP contribution in [0.2, 0.25) is 0 Å². The number of nitro benzene ring substituents is 5. The zero-order chi connectivity index (χ0) is 22.6. The average Bonchev–Trinajstić information content (AvgIpc) is 2.67. The van der Waals surface area contributed by atoms with E-state index in [-0.39, 0.29) is 5.69 Å². The molecule has 0 unspecified atom stereocenters. The largest absolute Gasteiger partial charge is 0.301 e. The first-order chi connectivity index (χ1) is 14.0. The summed E-state index contributed by atoms with van der Waals surface area (Å²) in [5.74, 6) is 0. The van der Waals surface area contributed by atoms with Crippen molar-refractivity contribution in [1.29, 1.82) is 0 Å². The highest BCUT2D eigenvalue weighted by Gasteiger charge is 2.29. The molecule has 0 spiro atoms. The molecule has 1 N–H and O–H groups in total. The molecule has 0 saturated heterocycles. The smallest absolute Gasteiger partial charge is 0.272 e. The van der Waals surface area contributed by atoms with Crippen LogP contribution in [0.25, 0.3) is 0 Å². The van der Waals surface area contributed by atoms with Crippen LogP contribution in [-0.2, 0) is 0 Å². The Hall–Kier alpha value is -5.09. The molecule has 154 valence electrons. The van der Waals surface area contributed by atoms with Crippen molar-refractivity contribution < 1.29 is 24.6 Å². The fourth-order valence-electron chi connectivity index (χ4n) is 2.19. The van der Waals surface area contributed by atoms with Gasteiger partial charge in [0.15, 0.2) is 5.56 Å². The zero-order valence-corrected chi connectivity index (χ0v) is 14.2. The summed E-state index contributed by atoms with van der Waals surface area (Å²) in [4.78, 5) is 49.9. The first-order valence-corrected chi connectivity index (χ1v) is 7.36. The number of benzene rings is 2. The summed E-state index contributed by atoms with van der Waals surface area (Å²) < 4.78 is 0. The van der Waals surface area contributed by atoms with Gasteiger partial charge in [-0.3, -0.25) is 56.0 Å². The highest BCUT2D eigenvalue weighted by molar-refractivity contribution is 5.92. The van der Waals surface area contributed by atoms with Crippen LogP contribution in [-0.4, -0.2) is 30.8 Å². The molecule has 0 bridgehead atoms. The summed E-state index contributed by atoms with van der Waals surface area (Å²) in [6.45, 7) is 0. The topological polar surface area (TPSA) is 240 Å². The minimum absolute atomic E-state index is 0.353. The highest BCUT2D eigenvalue weighted by Crippen LogP contribution is 2.33. The molecule has 17 heteroatoms. The maximum absolute atomic E-state index is 11.2. The maximum Gasteiger partial charge on any atom is 0.301 e. The van der Waals surface area contributed by atoms with Crippen molar-refractivity contribution in [3.63, 3.8) is 0 Å². The number of nitrogens with one attached hydrogen (secondary N) is 1. The van der Waals surface area contributed by atoms with Crippen LogP contribution in [0.15, 0.2) is 35.4 Å². The van der Waals surface area contributed by atoms with Crippen molar-refractivity contribution in [1.82, 2.24) is 0 Å². The number of nitrogens with zero attached hydrogens (tertiary/aromatic N) is 6. The van der Waals surface area contributed by atoms with E-state index in [1.165, 1.54) is 0 Å². The van der Waals surface area contributed by atoms with Gasteiger partial charge in [0.1, 0.15) is 5.69 Å². The quantitative estimate of drug-likeness (QED) is 0.369. The molecular formula is C13H7N7O10. The number of hydrazone groups is 1. The Kier molecular flexibility index (Phi) is 5.86. The minimum atomic E-state index is -1.10. The lowest BCUT2D eigenvalue weighted by Crippen LogP contribution is -2.04. The predicted molar refractivity (Wildman–Crippen MR) is 97.4 cm³/mol. The molecule has 0 saturated carbocycles. The number of hydrogen-bond acceptors (Lipinski definition) is 12. The van der Waals surface area contributed by atoms with Gasteiger partial charge < -0.3 is 0 Å². The lowest BCUT2D eigenvalue weighted by Gasteiger charge is -2.03. The number of hydrogen-bond donors (Lipinski definition) is 1. The minimum Gasteiger partial charge on any atom is -0.272 e. The number of nitro groups is 5. The Morgan fingerprint density at radius 2 is 1.13 bits per heavy atom. The summed E-state index contributed by atoms with van der Waals surface area (Å²) in [5, 5.41) is 58.4. The van der Waals surface area contributed by atoms with Crippen LogP contribution in [0.4, 0.5) is 34.1 Å². The van der Waals surface area contributed by atoms with Crippen molar-refractivity contribution in [3.05, 3.63) is 86.5 Å². The van der Waals surface area contributed by atoms with E-state index in [4.69, 9.17) is 0 Å². The van der Waals surface area contributed by atoms with Crippen LogP contribution >= 0.6 is 0 Å². The molecule has 2 aromatic carbocycles. The second kappa shape index (κ2) is 8.29. The molecule has 0 fully saturated rings. The Labute approximate surface area is 163 Å². The van der Waals surface area contributed by atoms with Crippen LogP contribution in [0.3, 0.4) is 0 Å². The van der Waals surface area contributed by atoms with Crippen molar-refractivity contribution in [2.24, 2.45) is 5.10 Å². The van der Waals surface area contributed by atoms with Gasteiger partial charge in [-0.1, -0.05) is 0 Å². The molecule has 0 atom stereocenters. The summed E-state index contributed by atoms with van der Waals surface area (Å²) >= 11 is 0. The van der Waals surface area contributed by atoms with E-state index in [1.54, 1.807) is 0 Å². The van der Waals surface area contributed by atoms with Gasteiger partial charge in [0.25, 0.3) is 22.7 Å². The molecule has 0 aliphatic rings. The van der Waals surface area contributed by atoms with E-state index < -0.39 is 58.6 Å². The average molecular weight is 421 g/mol. The second-order valence-corrected chi connectivity index (χ2v) is 5.25. The van der Waals surface area contributed by atoms with Gasteiger partial charge in [-0.25, -0.2) is 0 Å². The Morgan fingerprint density at radius 3 is 1.57 bits per heavy atom. The van der Waals surface area contributed by atoms with Gasteiger partial charge in [0, 0.05) is 6.07 Å². The predicted octanol–water partition coefficient (Wildman–Crippen LogP) is 2.67.